The van der Waals surface area contributed by atoms with E-state index < -0.39 is 0 Å². The van der Waals surface area contributed by atoms with Gasteiger partial charge in [0.1, 0.15) is 0 Å². The Bertz CT molecular complexity index is 1970. The van der Waals surface area contributed by atoms with Crippen molar-refractivity contribution in [1.29, 1.82) is 0 Å². The van der Waals surface area contributed by atoms with E-state index in [2.05, 4.69) is 181 Å². The summed E-state index contributed by atoms with van der Waals surface area (Å²) in [4.78, 5) is 2.56. The van der Waals surface area contributed by atoms with E-state index in [1.807, 2.05) is 0 Å². The number of anilines is 1. The molecule has 0 unspecified atom stereocenters. The summed E-state index contributed by atoms with van der Waals surface area (Å²) in [6.07, 6.45) is 19.2. The van der Waals surface area contributed by atoms with Crippen molar-refractivity contribution in [2.45, 2.75) is 64.7 Å². The molecule has 0 spiro atoms. The molecule has 0 saturated heterocycles. The molecule has 0 aromatic heterocycles. The average Bonchev–Trinajstić information content (AvgIpc) is 3.41. The minimum atomic E-state index is -0.0907. The van der Waals surface area contributed by atoms with Gasteiger partial charge in [-0.3, -0.25) is 0 Å². The van der Waals surface area contributed by atoms with Gasteiger partial charge in [0.25, 0.3) is 0 Å². The van der Waals surface area contributed by atoms with Gasteiger partial charge in [0.05, 0.1) is 39.5 Å². The largest absolute Gasteiger partial charge is 0.344 e. The highest BCUT2D eigenvalue weighted by atomic mass is 15.3. The summed E-state index contributed by atoms with van der Waals surface area (Å²) in [7, 11) is 6.85. The van der Waals surface area contributed by atoms with Crippen molar-refractivity contribution in [3.05, 3.63) is 132 Å². The molecule has 0 atom stereocenters. The summed E-state index contributed by atoms with van der Waals surface area (Å²) in [5.74, 6) is 0. The van der Waals surface area contributed by atoms with Crippen molar-refractivity contribution >= 4 is 38.6 Å². The van der Waals surface area contributed by atoms with Crippen LogP contribution in [-0.2, 0) is 10.8 Å². The van der Waals surface area contributed by atoms with Crippen LogP contribution in [0.25, 0.3) is 21.5 Å². The van der Waals surface area contributed by atoms with Crippen molar-refractivity contribution < 1.29 is 9.06 Å². The van der Waals surface area contributed by atoms with Gasteiger partial charge in [-0.2, -0.15) is 4.58 Å². The minimum absolute atomic E-state index is 0.0723. The van der Waals surface area contributed by atoms with Crippen LogP contribution in [0.5, 0.6) is 0 Å². The van der Waals surface area contributed by atoms with Gasteiger partial charge in [-0.15, -0.1) is 0 Å². The number of quaternary nitrogens is 1. The maximum Gasteiger partial charge on any atom is 0.210 e. The maximum absolute atomic E-state index is 2.58. The zero-order chi connectivity index (χ0) is 34.1. The summed E-state index contributed by atoms with van der Waals surface area (Å²) >= 11 is 0. The van der Waals surface area contributed by atoms with Crippen LogP contribution in [0.3, 0.4) is 0 Å². The summed E-state index contributed by atoms with van der Waals surface area (Å²) < 4.78 is 3.56. The predicted octanol–water partition coefficient (Wildman–Crippen LogP) is 10.6. The Labute approximate surface area is 289 Å². The standard InChI is InChI=1S/C45H55N3/c1-9-10-31-46-38-29-27-34-21-16-18-23-36(34)42(38)44(2,3)40(46)25-14-12-11-13-15-26-41-45(4,5)43-37-24-19-17-22-35(37)28-30-39(43)47(41)32-20-33-48(6,7)8/h11-19,21-30H,9-10,20,31-33H2,1-8H3/q+2. The lowest BCUT2D eigenvalue weighted by molar-refractivity contribution is -0.871. The van der Waals surface area contributed by atoms with Gasteiger partial charge in [0, 0.05) is 41.1 Å². The predicted molar refractivity (Wildman–Crippen MR) is 209 cm³/mol. The molecule has 2 aliphatic heterocycles. The summed E-state index contributed by atoms with van der Waals surface area (Å²) in [6, 6.07) is 26.9. The van der Waals surface area contributed by atoms with E-state index in [-0.39, 0.29) is 10.8 Å². The van der Waals surface area contributed by atoms with E-state index in [9.17, 15) is 0 Å². The van der Waals surface area contributed by atoms with E-state index >= 15 is 0 Å². The first-order chi connectivity index (χ1) is 22.9. The number of unbranched alkanes of at least 4 members (excludes halogenated alkanes) is 1. The summed E-state index contributed by atoms with van der Waals surface area (Å²) in [5.41, 5.74) is 8.20. The van der Waals surface area contributed by atoms with E-state index in [1.54, 1.807) is 0 Å². The lowest BCUT2D eigenvalue weighted by Crippen LogP contribution is -2.36. The zero-order valence-electron chi connectivity index (χ0n) is 30.6. The molecular formula is C45H55N3+2. The van der Waals surface area contributed by atoms with Gasteiger partial charge in [0.2, 0.25) is 5.69 Å². The van der Waals surface area contributed by atoms with Crippen LogP contribution in [0.1, 0.15) is 65.0 Å². The third-order valence-corrected chi connectivity index (χ3v) is 10.4. The van der Waals surface area contributed by atoms with E-state index in [0.717, 1.165) is 30.5 Å². The monoisotopic (exact) mass is 637 g/mol. The molecule has 0 amide bonds. The molecule has 0 aliphatic carbocycles. The number of benzene rings is 4. The molecule has 6 rings (SSSR count). The summed E-state index contributed by atoms with van der Waals surface area (Å²) in [5, 5.41) is 5.37. The van der Waals surface area contributed by atoms with E-state index in [1.165, 1.54) is 68.3 Å². The van der Waals surface area contributed by atoms with Gasteiger partial charge in [-0.1, -0.05) is 112 Å². The van der Waals surface area contributed by atoms with Crippen LogP contribution < -0.4 is 4.90 Å². The molecule has 0 bridgehead atoms. The fraction of sp³-hybridized carbons (Fsp3) is 0.356. The fourth-order valence-electron chi connectivity index (χ4n) is 8.06. The van der Waals surface area contributed by atoms with Crippen molar-refractivity contribution in [2.24, 2.45) is 0 Å². The van der Waals surface area contributed by atoms with Gasteiger partial charge < -0.3 is 9.38 Å². The third-order valence-electron chi connectivity index (χ3n) is 10.4. The molecule has 0 N–H and O–H groups in total. The molecule has 0 saturated carbocycles. The second-order valence-electron chi connectivity index (χ2n) is 15.7. The van der Waals surface area contributed by atoms with Crippen LogP contribution in [0.15, 0.2) is 121 Å². The second-order valence-corrected chi connectivity index (χ2v) is 15.7. The van der Waals surface area contributed by atoms with Crippen LogP contribution in [0, 0.1) is 0 Å². The topological polar surface area (TPSA) is 6.25 Å². The van der Waals surface area contributed by atoms with Crippen LogP contribution in [-0.4, -0.2) is 55.5 Å². The lowest BCUT2D eigenvalue weighted by Gasteiger charge is -2.27. The molecule has 3 nitrogen and oxygen atoms in total. The fourth-order valence-corrected chi connectivity index (χ4v) is 8.06. The first-order valence-electron chi connectivity index (χ1n) is 17.9. The first kappa shape index (κ1) is 33.7. The number of hydrogen-bond acceptors (Lipinski definition) is 1. The van der Waals surface area contributed by atoms with Gasteiger partial charge in [-0.05, 0) is 65.6 Å². The smallest absolute Gasteiger partial charge is 0.210 e. The molecule has 0 fully saturated rings. The van der Waals surface area contributed by atoms with Crippen molar-refractivity contribution in [1.82, 2.24) is 0 Å². The molecule has 4 aromatic rings. The molecule has 2 aliphatic rings. The first-order valence-corrected chi connectivity index (χ1v) is 17.9. The molecule has 248 valence electrons. The lowest BCUT2D eigenvalue weighted by atomic mass is 9.79. The Hall–Kier alpha value is -4.21. The quantitative estimate of drug-likeness (QED) is 0.0901. The Balaban J connectivity index is 1.26. The normalized spacial score (nSPS) is 18.1. The molecule has 4 aromatic carbocycles. The zero-order valence-corrected chi connectivity index (χ0v) is 30.6. The highest BCUT2D eigenvalue weighted by molar-refractivity contribution is 6.07. The van der Waals surface area contributed by atoms with Crippen LogP contribution in [0.2, 0.25) is 0 Å². The maximum atomic E-state index is 2.58. The number of allylic oxidation sites excluding steroid dienone is 8. The second kappa shape index (κ2) is 13.4. The van der Waals surface area contributed by atoms with Crippen molar-refractivity contribution in [3.63, 3.8) is 0 Å². The third kappa shape index (κ3) is 6.33. The van der Waals surface area contributed by atoms with E-state index in [0.29, 0.717) is 0 Å². The molecule has 2 heterocycles. The Morgan fingerprint density at radius 2 is 1.31 bits per heavy atom. The number of rotatable bonds is 11. The molecule has 3 heteroatoms. The van der Waals surface area contributed by atoms with Crippen LogP contribution >= 0.6 is 0 Å². The van der Waals surface area contributed by atoms with E-state index in [4.69, 9.17) is 0 Å². The van der Waals surface area contributed by atoms with Gasteiger partial charge in [0.15, 0.2) is 12.3 Å². The Morgan fingerprint density at radius 1 is 0.688 bits per heavy atom. The SMILES string of the molecule is CCCCN1/C(=C/C=C/C=C/C=C/C2=[N+](CCC[N+](C)(C)C)c3ccc4ccccc4c3C2(C)C)C(C)(C)c2c1ccc1ccccc21. The number of nitrogens with zero attached hydrogens (tertiary/aromatic N) is 3. The molecule has 48 heavy (non-hydrogen) atoms. The van der Waals surface area contributed by atoms with Crippen molar-refractivity contribution in [2.75, 3.05) is 45.7 Å². The van der Waals surface area contributed by atoms with Gasteiger partial charge >= 0.3 is 0 Å². The minimum Gasteiger partial charge on any atom is -0.344 e. The highest BCUT2D eigenvalue weighted by Crippen LogP contribution is 2.51. The average molecular weight is 638 g/mol. The highest BCUT2D eigenvalue weighted by Gasteiger charge is 2.45. The van der Waals surface area contributed by atoms with Crippen LogP contribution in [0.4, 0.5) is 11.4 Å². The summed E-state index contributed by atoms with van der Waals surface area (Å²) in [6.45, 7) is 15.0. The van der Waals surface area contributed by atoms with Gasteiger partial charge in [-0.25, -0.2) is 0 Å². The number of hydrogen-bond donors (Lipinski definition) is 0. The Morgan fingerprint density at radius 3 is 2.00 bits per heavy atom. The molecule has 0 radical (unpaired) electrons. The Kier molecular flexibility index (Phi) is 9.37. The number of fused-ring (bicyclic) bond motifs is 6. The molecular weight excluding hydrogens is 583 g/mol. The van der Waals surface area contributed by atoms with Crippen molar-refractivity contribution in [3.8, 4) is 0 Å².